The average molecular weight is 313 g/mol. The molecule has 0 aliphatic rings. The maximum absolute atomic E-state index is 13.6. The summed E-state index contributed by atoms with van der Waals surface area (Å²) in [4.78, 5) is 3.94. The summed E-state index contributed by atoms with van der Waals surface area (Å²) in [7, 11) is 0. The molecule has 0 fully saturated rings. The van der Waals surface area contributed by atoms with Crippen molar-refractivity contribution in [1.29, 1.82) is 0 Å². The quantitative estimate of drug-likeness (QED) is 0.701. The summed E-state index contributed by atoms with van der Waals surface area (Å²) < 4.78 is 68.5. The van der Waals surface area contributed by atoms with Crippen molar-refractivity contribution in [1.82, 2.24) is 4.98 Å². The fourth-order valence-corrected chi connectivity index (χ4v) is 1.94. The van der Waals surface area contributed by atoms with Crippen LogP contribution in [0.1, 0.15) is 45.9 Å². The number of benzene rings is 1. The number of pyridine rings is 1. The van der Waals surface area contributed by atoms with E-state index < -0.39 is 29.5 Å². The first-order valence-corrected chi connectivity index (χ1v) is 6.67. The van der Waals surface area contributed by atoms with Crippen molar-refractivity contribution in [3.63, 3.8) is 0 Å². The molecule has 1 heterocycles. The lowest BCUT2D eigenvalue weighted by Gasteiger charge is -2.19. The first-order valence-electron chi connectivity index (χ1n) is 7.67. The Morgan fingerprint density at radius 2 is 1.73 bits per heavy atom. The van der Waals surface area contributed by atoms with Gasteiger partial charge < -0.3 is 0 Å². The van der Waals surface area contributed by atoms with Gasteiger partial charge in [-0.3, -0.25) is 4.98 Å². The minimum atomic E-state index is -4.76. The minimum Gasteiger partial charge on any atom is -0.261 e. The number of halogens is 4. The molecule has 2 aromatic rings. The number of rotatable bonds is 2. The van der Waals surface area contributed by atoms with Gasteiger partial charge in [0.1, 0.15) is 5.82 Å². The maximum Gasteiger partial charge on any atom is 0.416 e. The van der Waals surface area contributed by atoms with E-state index in [9.17, 15) is 17.6 Å². The first-order chi connectivity index (χ1) is 10.8. The lowest BCUT2D eigenvalue weighted by molar-refractivity contribution is -0.137. The van der Waals surface area contributed by atoms with Gasteiger partial charge in [0.15, 0.2) is 0 Å². The van der Waals surface area contributed by atoms with Crippen molar-refractivity contribution in [3.8, 4) is 0 Å². The van der Waals surface area contributed by atoms with Gasteiger partial charge in [-0.15, -0.1) is 0 Å². The summed E-state index contributed by atoms with van der Waals surface area (Å²) in [5, 5.41) is 0. The molecular formula is C17H17F4N. The molecule has 22 heavy (non-hydrogen) atoms. The topological polar surface area (TPSA) is 12.9 Å². The summed E-state index contributed by atoms with van der Waals surface area (Å²) >= 11 is 0. The average Bonchev–Trinajstić information content (AvgIpc) is 2.45. The summed E-state index contributed by atoms with van der Waals surface area (Å²) in [6.07, 6.45) is -5.71. The van der Waals surface area contributed by atoms with Crippen LogP contribution in [-0.4, -0.2) is 4.98 Å². The monoisotopic (exact) mass is 313 g/mol. The van der Waals surface area contributed by atoms with Crippen LogP contribution >= 0.6 is 0 Å². The van der Waals surface area contributed by atoms with Crippen molar-refractivity contribution in [2.75, 3.05) is 0 Å². The molecule has 0 unspecified atom stereocenters. The van der Waals surface area contributed by atoms with Gasteiger partial charge in [0.2, 0.25) is 0 Å². The first kappa shape index (κ1) is 13.7. The van der Waals surface area contributed by atoms with Gasteiger partial charge >= 0.3 is 6.18 Å². The molecule has 0 aliphatic heterocycles. The van der Waals surface area contributed by atoms with Crippen LogP contribution in [0.15, 0.2) is 36.5 Å². The number of hydrogen-bond acceptors (Lipinski definition) is 1. The molecule has 0 aliphatic carbocycles. The zero-order chi connectivity index (χ0) is 18.3. The second-order valence-electron chi connectivity index (χ2n) is 6.03. The summed E-state index contributed by atoms with van der Waals surface area (Å²) in [6.45, 7) is 5.77. The molecular weight excluding hydrogens is 294 g/mol. The molecule has 0 N–H and O–H groups in total. The molecule has 5 heteroatoms. The van der Waals surface area contributed by atoms with Crippen LogP contribution in [0.3, 0.4) is 0 Å². The second kappa shape index (κ2) is 5.71. The summed E-state index contributed by atoms with van der Waals surface area (Å²) in [6, 6.07) is 4.94. The largest absolute Gasteiger partial charge is 0.416 e. The molecule has 0 amide bonds. The highest BCUT2D eigenvalue weighted by molar-refractivity contribution is 5.32. The van der Waals surface area contributed by atoms with Gasteiger partial charge in [0.25, 0.3) is 0 Å². The van der Waals surface area contributed by atoms with E-state index in [4.69, 9.17) is 2.74 Å². The van der Waals surface area contributed by atoms with Crippen molar-refractivity contribution >= 4 is 0 Å². The molecule has 0 saturated carbocycles. The third kappa shape index (κ3) is 4.06. The second-order valence-corrected chi connectivity index (χ2v) is 6.03. The van der Waals surface area contributed by atoms with Gasteiger partial charge in [-0.05, 0) is 46.9 Å². The van der Waals surface area contributed by atoms with Crippen LogP contribution in [0.5, 0.6) is 0 Å². The lowest BCUT2D eigenvalue weighted by atomic mass is 9.87. The highest BCUT2D eigenvalue weighted by atomic mass is 19.4. The van der Waals surface area contributed by atoms with E-state index >= 15 is 0 Å². The van der Waals surface area contributed by atoms with E-state index in [1.165, 1.54) is 12.3 Å². The third-order valence-corrected chi connectivity index (χ3v) is 3.12. The van der Waals surface area contributed by atoms with Gasteiger partial charge in [-0.2, -0.15) is 13.2 Å². The predicted octanol–water partition coefficient (Wildman–Crippen LogP) is 5.13. The van der Waals surface area contributed by atoms with Gasteiger partial charge in [-0.25, -0.2) is 4.39 Å². The zero-order valence-corrected chi connectivity index (χ0v) is 12.4. The number of hydrogen-bond donors (Lipinski definition) is 0. The Bertz CT molecular complexity index is 749. The fraction of sp³-hybridized carbons (Fsp3) is 0.353. The molecule has 0 radical (unpaired) electrons. The van der Waals surface area contributed by atoms with E-state index in [1.54, 1.807) is 6.07 Å². The Labute approximate surface area is 129 Å². The molecule has 1 aromatic heterocycles. The molecule has 0 bridgehead atoms. The predicted molar refractivity (Wildman–Crippen MR) is 77.1 cm³/mol. The molecule has 2 rings (SSSR count). The van der Waals surface area contributed by atoms with Crippen molar-refractivity contribution < 1.29 is 20.3 Å². The Hall–Kier alpha value is -1.91. The fourth-order valence-electron chi connectivity index (χ4n) is 1.94. The highest BCUT2D eigenvalue weighted by Crippen LogP contribution is 2.31. The molecule has 0 atom stereocenters. The molecule has 118 valence electrons. The van der Waals surface area contributed by atoms with Crippen molar-refractivity contribution in [2.24, 2.45) is 0 Å². The number of aromatic nitrogens is 1. The Morgan fingerprint density at radius 3 is 2.32 bits per heavy atom. The van der Waals surface area contributed by atoms with E-state index in [0.29, 0.717) is 12.1 Å². The van der Waals surface area contributed by atoms with Crippen molar-refractivity contribution in [3.05, 3.63) is 64.7 Å². The van der Waals surface area contributed by atoms with Crippen LogP contribution in [0.25, 0.3) is 0 Å². The Kier molecular flexibility index (Phi) is 3.56. The van der Waals surface area contributed by atoms with Crippen LogP contribution in [0.4, 0.5) is 17.6 Å². The summed E-state index contributed by atoms with van der Waals surface area (Å²) in [5.41, 5.74) is -1.22. The highest BCUT2D eigenvalue weighted by Gasteiger charge is 2.31. The normalized spacial score (nSPS) is 14.5. The molecule has 0 saturated heterocycles. The van der Waals surface area contributed by atoms with Crippen LogP contribution in [0, 0.1) is 5.82 Å². The van der Waals surface area contributed by atoms with E-state index in [2.05, 4.69) is 4.98 Å². The van der Waals surface area contributed by atoms with Gasteiger partial charge in [0.05, 0.1) is 5.56 Å². The maximum atomic E-state index is 13.6. The SMILES string of the molecule is [2H]C([2H])(c1cc(F)cc(C(F)(F)F)c1)c1cc(C(C)(C)C)ccn1. The Morgan fingerprint density at radius 1 is 1.05 bits per heavy atom. The van der Waals surface area contributed by atoms with Crippen LogP contribution < -0.4 is 0 Å². The molecule has 1 nitrogen and oxygen atoms in total. The van der Waals surface area contributed by atoms with E-state index in [-0.39, 0.29) is 11.1 Å². The zero-order valence-electron chi connectivity index (χ0n) is 14.4. The van der Waals surface area contributed by atoms with Gasteiger partial charge in [0, 0.05) is 21.0 Å². The summed E-state index contributed by atoms with van der Waals surface area (Å²) in [5.74, 6) is -1.14. The minimum absolute atomic E-state index is 0.0614. The standard InChI is InChI=1S/C17H17F4N/c1-16(2,3)12-4-5-22-15(10-12)8-11-6-13(17(19,20)21)9-14(18)7-11/h4-7,9-10H,8H2,1-3H3/i8D2. The smallest absolute Gasteiger partial charge is 0.261 e. The Balaban J connectivity index is 2.57. The van der Waals surface area contributed by atoms with Crippen LogP contribution in [0.2, 0.25) is 0 Å². The lowest BCUT2D eigenvalue weighted by Crippen LogP contribution is -2.12. The number of nitrogens with zero attached hydrogens (tertiary/aromatic N) is 1. The van der Waals surface area contributed by atoms with Gasteiger partial charge in [-0.1, -0.05) is 20.8 Å². The number of alkyl halides is 3. The van der Waals surface area contributed by atoms with Crippen molar-refractivity contribution in [2.45, 2.75) is 38.7 Å². The van der Waals surface area contributed by atoms with Crippen LogP contribution in [-0.2, 0) is 18.0 Å². The van der Waals surface area contributed by atoms with E-state index in [0.717, 1.165) is 11.6 Å². The van der Waals surface area contributed by atoms with E-state index in [1.807, 2.05) is 20.8 Å². The third-order valence-electron chi connectivity index (χ3n) is 3.12. The molecule has 1 aromatic carbocycles. The molecule has 0 spiro atoms.